The Kier molecular flexibility index (Phi) is 16.0. The predicted octanol–water partition coefficient (Wildman–Crippen LogP) is 1.60. The second kappa shape index (κ2) is 19.3. The molecular formula is C39H56N6O10. The highest BCUT2D eigenvalue weighted by molar-refractivity contribution is 6.12. The van der Waals surface area contributed by atoms with Gasteiger partial charge < -0.3 is 36.4 Å². The number of rotatable bonds is 19. The Labute approximate surface area is 322 Å². The molecule has 6 N–H and O–H groups in total. The number of benzene rings is 1. The summed E-state index contributed by atoms with van der Waals surface area (Å²) in [5.74, 6) is -5.65. The topological polar surface area (TPSA) is 232 Å². The standard InChI is InChI=1S/C39H56N6O10/c1-22(2)27(21-23(3)33(50)42-26(37(54)55)15-18-30(48)49)44(10)36(53)32(38(4,5)6)43-35(52)31(40-9)39(7,8)25-13-11-24(12-14-25)34(51)41-19-20-45-28(46)16-17-29(45)47/h11-14,16-17,21-22,26-27,31-32,40H,15,18-20H2,1-10H3,(H,41,51)(H,42,50)(H,43,52)(H,48,49)(H,54,55)/b23-21+. The number of hydrogen-bond donors (Lipinski definition) is 6. The molecule has 0 radical (unpaired) electrons. The van der Waals surface area contributed by atoms with Crippen LogP contribution in [-0.2, 0) is 39.0 Å². The van der Waals surface area contributed by atoms with Crippen molar-refractivity contribution in [3.05, 3.63) is 59.2 Å². The minimum absolute atomic E-state index is 0.0342. The Morgan fingerprint density at radius 2 is 1.45 bits per heavy atom. The molecule has 1 aliphatic rings. The highest BCUT2D eigenvalue weighted by Crippen LogP contribution is 2.29. The van der Waals surface area contributed by atoms with Crippen LogP contribution in [0.15, 0.2) is 48.1 Å². The molecule has 4 atom stereocenters. The van der Waals surface area contributed by atoms with E-state index < -0.39 is 88.8 Å². The lowest BCUT2D eigenvalue weighted by molar-refractivity contribution is -0.142. The van der Waals surface area contributed by atoms with E-state index in [-0.39, 0.29) is 31.0 Å². The van der Waals surface area contributed by atoms with Crippen molar-refractivity contribution in [2.45, 2.75) is 97.8 Å². The fourth-order valence-electron chi connectivity index (χ4n) is 6.18. The fourth-order valence-corrected chi connectivity index (χ4v) is 6.18. The molecule has 0 spiro atoms. The van der Waals surface area contributed by atoms with Crippen LogP contribution in [-0.4, -0.2) is 119 Å². The average Bonchev–Trinajstić information content (AvgIpc) is 3.42. The lowest BCUT2D eigenvalue weighted by atomic mass is 9.76. The number of hydrogen-bond acceptors (Lipinski definition) is 9. The second-order valence-corrected chi connectivity index (χ2v) is 15.6. The van der Waals surface area contributed by atoms with Crippen LogP contribution >= 0.6 is 0 Å². The van der Waals surface area contributed by atoms with Crippen molar-refractivity contribution < 1.29 is 48.6 Å². The third-order valence-electron chi connectivity index (χ3n) is 9.59. The molecule has 0 saturated heterocycles. The van der Waals surface area contributed by atoms with E-state index in [1.807, 2.05) is 48.5 Å². The monoisotopic (exact) mass is 768 g/mol. The number of imide groups is 1. The molecule has 1 aromatic rings. The van der Waals surface area contributed by atoms with Crippen molar-refractivity contribution in [1.82, 2.24) is 31.1 Å². The normalized spacial score (nSPS) is 15.6. The van der Waals surface area contributed by atoms with Gasteiger partial charge in [-0.05, 0) is 49.4 Å². The van der Waals surface area contributed by atoms with Crippen molar-refractivity contribution in [1.29, 1.82) is 0 Å². The molecule has 302 valence electrons. The number of aliphatic carboxylic acids is 2. The largest absolute Gasteiger partial charge is 0.481 e. The van der Waals surface area contributed by atoms with E-state index in [2.05, 4.69) is 21.3 Å². The molecule has 2 rings (SSSR count). The first kappa shape index (κ1) is 45.8. The summed E-state index contributed by atoms with van der Waals surface area (Å²) in [7, 11) is 3.19. The maximum absolute atomic E-state index is 14.2. The maximum atomic E-state index is 14.2. The van der Waals surface area contributed by atoms with Gasteiger partial charge in [0.05, 0.1) is 12.1 Å². The first-order valence-electron chi connectivity index (χ1n) is 18.0. The van der Waals surface area contributed by atoms with Gasteiger partial charge in [-0.2, -0.15) is 0 Å². The first-order valence-corrected chi connectivity index (χ1v) is 18.0. The summed E-state index contributed by atoms with van der Waals surface area (Å²) in [6.45, 7) is 14.4. The number of carboxylic acid groups (broad SMARTS) is 2. The number of carbonyl (C=O) groups excluding carboxylic acids is 6. The Hall–Kier alpha value is -5.38. The van der Waals surface area contributed by atoms with Gasteiger partial charge in [-0.15, -0.1) is 0 Å². The molecule has 0 aliphatic carbocycles. The summed E-state index contributed by atoms with van der Waals surface area (Å²) in [5, 5.41) is 29.5. The Bertz CT molecular complexity index is 1670. The zero-order chi connectivity index (χ0) is 42.0. The first-order chi connectivity index (χ1) is 25.4. The second-order valence-electron chi connectivity index (χ2n) is 15.6. The van der Waals surface area contributed by atoms with E-state index in [1.165, 1.54) is 24.0 Å². The lowest BCUT2D eigenvalue weighted by Gasteiger charge is -2.40. The van der Waals surface area contributed by atoms with Crippen molar-refractivity contribution in [2.24, 2.45) is 11.3 Å². The molecule has 1 aliphatic heterocycles. The van der Waals surface area contributed by atoms with Crippen LogP contribution in [0.25, 0.3) is 0 Å². The number of amides is 6. The molecule has 55 heavy (non-hydrogen) atoms. The van der Waals surface area contributed by atoms with Crippen LogP contribution in [0.2, 0.25) is 0 Å². The summed E-state index contributed by atoms with van der Waals surface area (Å²) < 4.78 is 0. The highest BCUT2D eigenvalue weighted by atomic mass is 16.4. The average molecular weight is 769 g/mol. The summed E-state index contributed by atoms with van der Waals surface area (Å²) in [6, 6.07) is 2.77. The Morgan fingerprint density at radius 3 is 1.93 bits per heavy atom. The van der Waals surface area contributed by atoms with Gasteiger partial charge in [0.15, 0.2) is 0 Å². The molecule has 6 amide bonds. The fraction of sp³-hybridized carbons (Fsp3) is 0.538. The van der Waals surface area contributed by atoms with E-state index in [0.717, 1.165) is 10.5 Å². The van der Waals surface area contributed by atoms with E-state index in [1.54, 1.807) is 44.4 Å². The minimum atomic E-state index is -1.42. The third kappa shape index (κ3) is 12.3. The third-order valence-corrected chi connectivity index (χ3v) is 9.59. The van der Waals surface area contributed by atoms with Crippen molar-refractivity contribution >= 4 is 47.4 Å². The van der Waals surface area contributed by atoms with Gasteiger partial charge in [-0.25, -0.2) is 4.79 Å². The highest BCUT2D eigenvalue weighted by Gasteiger charge is 2.42. The summed E-state index contributed by atoms with van der Waals surface area (Å²) in [6.07, 6.45) is 3.15. The zero-order valence-electron chi connectivity index (χ0n) is 33.3. The van der Waals surface area contributed by atoms with Gasteiger partial charge in [-0.3, -0.25) is 38.5 Å². The predicted molar refractivity (Wildman–Crippen MR) is 203 cm³/mol. The molecule has 0 saturated carbocycles. The van der Waals surface area contributed by atoms with E-state index in [4.69, 9.17) is 5.11 Å². The molecule has 1 aromatic carbocycles. The van der Waals surface area contributed by atoms with Gasteiger partial charge in [0.1, 0.15) is 12.1 Å². The van der Waals surface area contributed by atoms with Gasteiger partial charge in [-0.1, -0.05) is 66.7 Å². The number of carboxylic acids is 2. The van der Waals surface area contributed by atoms with Crippen LogP contribution in [0, 0.1) is 11.3 Å². The molecule has 16 nitrogen and oxygen atoms in total. The smallest absolute Gasteiger partial charge is 0.326 e. The summed E-state index contributed by atoms with van der Waals surface area (Å²) in [4.78, 5) is 103. The number of nitrogens with one attached hydrogen (secondary N) is 4. The van der Waals surface area contributed by atoms with E-state index in [0.29, 0.717) is 5.56 Å². The maximum Gasteiger partial charge on any atom is 0.326 e. The molecule has 1 heterocycles. The van der Waals surface area contributed by atoms with Crippen LogP contribution in [0.4, 0.5) is 0 Å². The lowest BCUT2D eigenvalue weighted by Crippen LogP contribution is -2.61. The molecule has 0 aromatic heterocycles. The van der Waals surface area contributed by atoms with Gasteiger partial charge >= 0.3 is 11.9 Å². The van der Waals surface area contributed by atoms with Crippen LogP contribution in [0.3, 0.4) is 0 Å². The van der Waals surface area contributed by atoms with Gasteiger partial charge in [0.2, 0.25) is 17.7 Å². The van der Waals surface area contributed by atoms with Gasteiger partial charge in [0.25, 0.3) is 17.7 Å². The zero-order valence-corrected chi connectivity index (χ0v) is 33.3. The van der Waals surface area contributed by atoms with Crippen molar-refractivity contribution in [3.8, 4) is 0 Å². The molecule has 0 fully saturated rings. The van der Waals surface area contributed by atoms with Crippen molar-refractivity contribution in [2.75, 3.05) is 27.2 Å². The number of nitrogens with zero attached hydrogens (tertiary/aromatic N) is 2. The Balaban J connectivity index is 2.23. The van der Waals surface area contributed by atoms with Gasteiger partial charge in [0, 0.05) is 55.3 Å². The van der Waals surface area contributed by atoms with Crippen LogP contribution in [0.5, 0.6) is 0 Å². The van der Waals surface area contributed by atoms with E-state index >= 15 is 0 Å². The van der Waals surface area contributed by atoms with Crippen molar-refractivity contribution in [3.63, 3.8) is 0 Å². The summed E-state index contributed by atoms with van der Waals surface area (Å²) >= 11 is 0. The van der Waals surface area contributed by atoms with Crippen LogP contribution in [0.1, 0.15) is 84.2 Å². The Morgan fingerprint density at radius 1 is 0.891 bits per heavy atom. The number of likely N-dealkylation sites (N-methyl/N-ethyl adjacent to an activating group) is 2. The van der Waals surface area contributed by atoms with Crippen LogP contribution < -0.4 is 21.3 Å². The molecule has 0 bridgehead atoms. The quantitative estimate of drug-likeness (QED) is 0.0875. The van der Waals surface area contributed by atoms with E-state index in [9.17, 15) is 43.5 Å². The summed E-state index contributed by atoms with van der Waals surface area (Å²) in [5.41, 5.74) is -0.420. The molecule has 4 unspecified atom stereocenters. The molecular weight excluding hydrogens is 712 g/mol. The minimum Gasteiger partial charge on any atom is -0.481 e. The SMILES string of the molecule is CNC(C(=O)NC(C(=O)N(C)C(/C=C(\C)C(=O)NC(CCC(=O)O)C(=O)O)C(C)C)C(C)(C)C)C(C)(C)c1ccc(C(=O)NCCN2C(=O)C=CC2=O)cc1. The molecule has 16 heteroatoms. The number of carbonyl (C=O) groups is 8.